The van der Waals surface area contributed by atoms with E-state index in [1.165, 1.54) is 23.5 Å². The minimum absolute atomic E-state index is 0. The van der Waals surface area contributed by atoms with Gasteiger partial charge in [0.1, 0.15) is 5.54 Å². The molecule has 2 aromatic carbocycles. The Morgan fingerprint density at radius 1 is 1.00 bits per heavy atom. The number of benzene rings is 2. The van der Waals surface area contributed by atoms with Crippen LogP contribution >= 0.6 is 12.4 Å². The zero-order chi connectivity index (χ0) is 29.0. The number of carbonyl (C=O) groups excluding carboxylic acids is 3. The van der Waals surface area contributed by atoms with Crippen LogP contribution < -0.4 is 10.6 Å². The van der Waals surface area contributed by atoms with Crippen molar-refractivity contribution in [1.29, 1.82) is 0 Å². The number of rotatable bonds is 9. The molecule has 1 atom stereocenters. The molecule has 1 spiro atoms. The van der Waals surface area contributed by atoms with Crippen LogP contribution in [-0.4, -0.2) is 67.5 Å². The number of urea groups is 1. The Morgan fingerprint density at radius 3 is 2.26 bits per heavy atom. The van der Waals surface area contributed by atoms with Gasteiger partial charge in [0.25, 0.3) is 5.91 Å². The van der Waals surface area contributed by atoms with Gasteiger partial charge in [0.05, 0.1) is 17.5 Å². The average molecular weight is 617 g/mol. The predicted octanol–water partition coefficient (Wildman–Crippen LogP) is 4.23. The van der Waals surface area contributed by atoms with Gasteiger partial charge in [-0.2, -0.15) is 0 Å². The van der Waals surface area contributed by atoms with E-state index in [9.17, 15) is 22.8 Å². The SMILES string of the molecule is CS(=O)(=O)c1ccc(CN2C(=O)NC3(CCN(CC[C@H](NC(=O)C4CCCCC4)c4ccccc4)CC3)C2=O)cc1.Cl. The van der Waals surface area contributed by atoms with E-state index < -0.39 is 21.4 Å². The molecule has 4 amide bonds. The number of hydrogen-bond acceptors (Lipinski definition) is 6. The molecule has 1 aliphatic carbocycles. The van der Waals surface area contributed by atoms with Gasteiger partial charge in [0.2, 0.25) is 5.91 Å². The minimum Gasteiger partial charge on any atom is -0.349 e. The molecule has 0 radical (unpaired) electrons. The number of sulfone groups is 1. The maximum absolute atomic E-state index is 13.4. The van der Waals surface area contributed by atoms with Crippen LogP contribution in [0.25, 0.3) is 0 Å². The summed E-state index contributed by atoms with van der Waals surface area (Å²) in [6.45, 7) is 2.21. The first-order chi connectivity index (χ1) is 19.6. The Hall–Kier alpha value is -2.95. The smallest absolute Gasteiger partial charge is 0.325 e. The van der Waals surface area contributed by atoms with Gasteiger partial charge in [0.15, 0.2) is 9.84 Å². The standard InChI is InChI=1S/C31H40N4O5S.ClH/c1-41(39,40)26-14-12-23(13-15-26)22-35-29(37)31(33-30(35)38)17-20-34(21-18-31)19-16-27(24-8-4-2-5-9-24)32-28(36)25-10-6-3-7-11-25;/h2,4-5,8-9,12-15,25,27H,3,6-7,10-11,16-22H2,1H3,(H,32,36)(H,33,38);1H/t27-;/m0./s1. The lowest BCUT2D eigenvalue weighted by molar-refractivity contribution is -0.133. The average Bonchev–Trinajstić information content (AvgIpc) is 3.20. The maximum atomic E-state index is 13.4. The second-order valence-electron chi connectivity index (χ2n) is 11.8. The summed E-state index contributed by atoms with van der Waals surface area (Å²) >= 11 is 0. The number of hydrogen-bond donors (Lipinski definition) is 2. The van der Waals surface area contributed by atoms with Crippen LogP contribution in [0, 0.1) is 5.92 Å². The molecular formula is C31H41ClN4O5S. The quantitative estimate of drug-likeness (QED) is 0.408. The third kappa shape index (κ3) is 7.33. The highest BCUT2D eigenvalue weighted by molar-refractivity contribution is 7.90. The number of nitrogens with zero attached hydrogens (tertiary/aromatic N) is 2. The van der Waals surface area contributed by atoms with Crippen molar-refractivity contribution in [2.45, 2.75) is 74.4 Å². The van der Waals surface area contributed by atoms with E-state index in [1.807, 2.05) is 18.2 Å². The van der Waals surface area contributed by atoms with Gasteiger partial charge in [0, 0.05) is 31.8 Å². The monoisotopic (exact) mass is 616 g/mol. The molecule has 0 unspecified atom stereocenters. The van der Waals surface area contributed by atoms with Gasteiger partial charge in [-0.05, 0) is 55.4 Å². The molecule has 42 heavy (non-hydrogen) atoms. The Morgan fingerprint density at radius 2 is 1.64 bits per heavy atom. The fourth-order valence-electron chi connectivity index (χ4n) is 6.32. The normalized spacial score (nSPS) is 20.2. The summed E-state index contributed by atoms with van der Waals surface area (Å²) < 4.78 is 23.5. The van der Waals surface area contributed by atoms with Crippen LogP contribution in [0.4, 0.5) is 4.79 Å². The lowest BCUT2D eigenvalue weighted by Crippen LogP contribution is -2.55. The molecule has 2 aliphatic heterocycles. The summed E-state index contributed by atoms with van der Waals surface area (Å²) in [6, 6.07) is 15.9. The van der Waals surface area contributed by atoms with Crippen LogP contribution in [0.2, 0.25) is 0 Å². The van der Waals surface area contributed by atoms with Crippen LogP contribution in [0.1, 0.15) is 68.5 Å². The van der Waals surface area contributed by atoms with Crippen molar-refractivity contribution in [2.24, 2.45) is 5.92 Å². The first-order valence-corrected chi connectivity index (χ1v) is 16.5. The molecule has 0 aromatic heterocycles. The summed E-state index contributed by atoms with van der Waals surface area (Å²) in [5.74, 6) is 0.0278. The topological polar surface area (TPSA) is 116 Å². The van der Waals surface area contributed by atoms with Crippen LogP contribution in [0.5, 0.6) is 0 Å². The van der Waals surface area contributed by atoms with Gasteiger partial charge in [-0.15, -0.1) is 12.4 Å². The Labute approximate surface area is 254 Å². The van der Waals surface area contributed by atoms with E-state index in [-0.39, 0.29) is 47.6 Å². The van der Waals surface area contributed by atoms with E-state index in [1.54, 1.807) is 12.1 Å². The zero-order valence-electron chi connectivity index (χ0n) is 24.1. The highest BCUT2D eigenvalue weighted by Gasteiger charge is 2.52. The van der Waals surface area contributed by atoms with E-state index >= 15 is 0 Å². The molecule has 11 heteroatoms. The van der Waals surface area contributed by atoms with Crippen molar-refractivity contribution in [1.82, 2.24) is 20.4 Å². The third-order valence-electron chi connectivity index (χ3n) is 8.88. The summed E-state index contributed by atoms with van der Waals surface area (Å²) in [5, 5.41) is 6.28. The van der Waals surface area contributed by atoms with E-state index in [0.29, 0.717) is 31.5 Å². The molecule has 3 fully saturated rings. The summed E-state index contributed by atoms with van der Waals surface area (Å²) in [5.41, 5.74) is 0.884. The highest BCUT2D eigenvalue weighted by Crippen LogP contribution is 2.31. The second-order valence-corrected chi connectivity index (χ2v) is 13.8. The molecule has 1 saturated carbocycles. The molecule has 2 aromatic rings. The minimum atomic E-state index is -3.32. The van der Waals surface area contributed by atoms with Gasteiger partial charge in [-0.1, -0.05) is 61.7 Å². The van der Waals surface area contributed by atoms with E-state index in [0.717, 1.165) is 50.5 Å². The molecule has 228 valence electrons. The van der Waals surface area contributed by atoms with Crippen molar-refractivity contribution in [3.8, 4) is 0 Å². The number of imide groups is 1. The first-order valence-electron chi connectivity index (χ1n) is 14.7. The van der Waals surface area contributed by atoms with Crippen LogP contribution in [0.15, 0.2) is 59.5 Å². The van der Waals surface area contributed by atoms with Gasteiger partial charge >= 0.3 is 6.03 Å². The van der Waals surface area contributed by atoms with Crippen molar-refractivity contribution in [2.75, 3.05) is 25.9 Å². The van der Waals surface area contributed by atoms with Crippen molar-refractivity contribution in [3.05, 3.63) is 65.7 Å². The van der Waals surface area contributed by atoms with E-state index in [4.69, 9.17) is 0 Å². The number of carbonyl (C=O) groups is 3. The Bertz CT molecular complexity index is 1360. The summed E-state index contributed by atoms with van der Waals surface area (Å²) in [7, 11) is -3.32. The first kappa shape index (κ1) is 32.0. The maximum Gasteiger partial charge on any atom is 0.325 e. The molecule has 2 N–H and O–H groups in total. The van der Waals surface area contributed by atoms with Gasteiger partial charge < -0.3 is 15.5 Å². The molecule has 0 bridgehead atoms. The van der Waals surface area contributed by atoms with Gasteiger partial charge in [-0.3, -0.25) is 14.5 Å². The largest absolute Gasteiger partial charge is 0.349 e. The number of nitrogens with one attached hydrogen (secondary N) is 2. The number of likely N-dealkylation sites (tertiary alicyclic amines) is 1. The number of halogens is 1. The molecule has 2 saturated heterocycles. The summed E-state index contributed by atoms with van der Waals surface area (Å²) in [6.07, 6.45) is 8.32. The lowest BCUT2D eigenvalue weighted by atomic mass is 9.87. The molecule has 9 nitrogen and oxygen atoms in total. The molecule has 5 rings (SSSR count). The fraction of sp³-hybridized carbons (Fsp3) is 0.516. The zero-order valence-corrected chi connectivity index (χ0v) is 25.7. The Kier molecular flexibility index (Phi) is 10.3. The van der Waals surface area contributed by atoms with Crippen molar-refractivity contribution in [3.63, 3.8) is 0 Å². The van der Waals surface area contributed by atoms with E-state index in [2.05, 4.69) is 27.7 Å². The molecular weight excluding hydrogens is 576 g/mol. The molecule has 2 heterocycles. The number of piperidine rings is 1. The number of amides is 4. The highest BCUT2D eigenvalue weighted by atomic mass is 35.5. The van der Waals surface area contributed by atoms with Crippen molar-refractivity contribution < 1.29 is 22.8 Å². The van der Waals surface area contributed by atoms with Crippen molar-refractivity contribution >= 4 is 40.1 Å². The third-order valence-corrected chi connectivity index (χ3v) is 10.0. The second kappa shape index (κ2) is 13.6. The predicted molar refractivity (Wildman–Crippen MR) is 163 cm³/mol. The lowest BCUT2D eigenvalue weighted by Gasteiger charge is -2.38. The van der Waals surface area contributed by atoms with Crippen LogP contribution in [0.3, 0.4) is 0 Å². The van der Waals surface area contributed by atoms with Crippen LogP contribution in [-0.2, 0) is 26.0 Å². The summed E-state index contributed by atoms with van der Waals surface area (Å²) in [4.78, 5) is 43.0. The van der Waals surface area contributed by atoms with Gasteiger partial charge in [-0.25, -0.2) is 13.2 Å². The molecule has 3 aliphatic rings. The fourth-order valence-corrected chi connectivity index (χ4v) is 6.95. The Balaban J connectivity index is 0.00000405.